The molecule has 2 aromatic rings. The Balaban J connectivity index is 1.28. The number of likely N-dealkylation sites (tertiary alicyclic amines) is 1. The molecule has 1 atom stereocenters. The number of nitrogens with zero attached hydrogens (tertiary/aromatic N) is 2. The second-order valence-corrected chi connectivity index (χ2v) is 7.15. The van der Waals surface area contributed by atoms with Crippen molar-refractivity contribution in [3.8, 4) is 0 Å². The summed E-state index contributed by atoms with van der Waals surface area (Å²) in [5.41, 5.74) is 1.71. The van der Waals surface area contributed by atoms with E-state index in [-0.39, 0.29) is 17.6 Å². The number of aromatic nitrogens is 1. The van der Waals surface area contributed by atoms with Crippen LogP contribution in [0.3, 0.4) is 0 Å². The van der Waals surface area contributed by atoms with Gasteiger partial charge in [-0.2, -0.15) is 0 Å². The van der Waals surface area contributed by atoms with Gasteiger partial charge in [0.2, 0.25) is 0 Å². The largest absolute Gasteiger partial charge is 0.372 e. The average molecular weight is 352 g/mol. The fourth-order valence-corrected chi connectivity index (χ4v) is 3.84. The normalized spacial score (nSPS) is 21.8. The van der Waals surface area contributed by atoms with Crippen molar-refractivity contribution < 1.29 is 14.3 Å². The summed E-state index contributed by atoms with van der Waals surface area (Å²) >= 11 is 0. The van der Waals surface area contributed by atoms with Gasteiger partial charge in [-0.1, -0.05) is 24.3 Å². The summed E-state index contributed by atoms with van der Waals surface area (Å²) in [7, 11) is 0. The number of carbonyl (C=O) groups is 1. The Morgan fingerprint density at radius 2 is 2.00 bits per heavy atom. The number of pyridine rings is 1. The predicted molar refractivity (Wildman–Crippen MR) is 97.7 cm³/mol. The lowest BCUT2D eigenvalue weighted by atomic mass is 9.87. The number of amides is 1. The van der Waals surface area contributed by atoms with Crippen LogP contribution in [0.2, 0.25) is 0 Å². The predicted octanol–water partition coefficient (Wildman–Crippen LogP) is 3.06. The zero-order valence-corrected chi connectivity index (χ0v) is 14.8. The number of ether oxygens (including phenoxy) is 2. The number of benzene rings is 1. The van der Waals surface area contributed by atoms with Crippen molar-refractivity contribution in [1.29, 1.82) is 0 Å². The van der Waals surface area contributed by atoms with Gasteiger partial charge < -0.3 is 14.4 Å². The minimum Gasteiger partial charge on any atom is -0.372 e. The van der Waals surface area contributed by atoms with Gasteiger partial charge >= 0.3 is 0 Å². The Morgan fingerprint density at radius 1 is 1.19 bits per heavy atom. The van der Waals surface area contributed by atoms with Crippen molar-refractivity contribution in [3.63, 3.8) is 0 Å². The minimum atomic E-state index is -0.132. The van der Waals surface area contributed by atoms with Gasteiger partial charge in [-0.05, 0) is 36.6 Å². The van der Waals surface area contributed by atoms with Crippen LogP contribution in [-0.2, 0) is 16.1 Å². The molecular formula is C21H24N2O3. The Morgan fingerprint density at radius 3 is 2.73 bits per heavy atom. The third kappa shape index (κ3) is 3.79. The van der Waals surface area contributed by atoms with Crippen LogP contribution in [0.25, 0.3) is 0 Å². The maximum absolute atomic E-state index is 12.6. The second kappa shape index (κ2) is 7.56. The topological polar surface area (TPSA) is 51.7 Å². The molecule has 2 saturated heterocycles. The third-order valence-corrected chi connectivity index (χ3v) is 5.37. The molecule has 5 heteroatoms. The molecular weight excluding hydrogens is 328 g/mol. The molecule has 1 aromatic heterocycles. The first-order valence-corrected chi connectivity index (χ1v) is 9.23. The highest BCUT2D eigenvalue weighted by Crippen LogP contribution is 2.37. The molecule has 4 rings (SSSR count). The van der Waals surface area contributed by atoms with E-state index in [4.69, 9.17) is 9.47 Å². The summed E-state index contributed by atoms with van der Waals surface area (Å²) in [6.07, 6.45) is 6.37. The Bertz CT molecular complexity index is 727. The number of piperidine rings is 1. The van der Waals surface area contributed by atoms with Crippen LogP contribution in [0, 0.1) is 0 Å². The van der Waals surface area contributed by atoms with Crippen LogP contribution < -0.4 is 0 Å². The molecule has 2 fully saturated rings. The molecule has 0 unspecified atom stereocenters. The molecule has 0 bridgehead atoms. The zero-order chi connectivity index (χ0) is 17.8. The molecule has 1 aromatic carbocycles. The molecule has 1 amide bonds. The van der Waals surface area contributed by atoms with Gasteiger partial charge in [-0.25, -0.2) is 0 Å². The summed E-state index contributed by atoms with van der Waals surface area (Å²) < 4.78 is 12.2. The van der Waals surface area contributed by atoms with Gasteiger partial charge in [0, 0.05) is 37.5 Å². The molecule has 2 aliphatic rings. The number of hydrogen-bond donors (Lipinski definition) is 0. The monoisotopic (exact) mass is 352 g/mol. The summed E-state index contributed by atoms with van der Waals surface area (Å²) in [6, 6.07) is 13.4. The van der Waals surface area contributed by atoms with Gasteiger partial charge in [0.25, 0.3) is 5.91 Å². The van der Waals surface area contributed by atoms with Crippen molar-refractivity contribution >= 4 is 5.91 Å². The van der Waals surface area contributed by atoms with Gasteiger partial charge in [-0.3, -0.25) is 9.78 Å². The smallest absolute Gasteiger partial charge is 0.253 e. The van der Waals surface area contributed by atoms with Crippen molar-refractivity contribution in [3.05, 3.63) is 66.0 Å². The highest BCUT2D eigenvalue weighted by Gasteiger charge is 2.43. The first kappa shape index (κ1) is 17.2. The Hall–Kier alpha value is -2.24. The fraction of sp³-hybridized carbons (Fsp3) is 0.429. The standard InChI is InChI=1S/C21H24N2O3/c24-20(18-6-2-1-3-7-18)23-11-8-21(9-12-23)13-19(16-26-21)25-15-17-5-4-10-22-14-17/h1-7,10,14,19H,8-9,11-13,15-16H2/t19-/m1/s1. The molecule has 0 saturated carbocycles. The van der Waals surface area contributed by atoms with Crippen molar-refractivity contribution in [2.24, 2.45) is 0 Å². The fourth-order valence-electron chi connectivity index (χ4n) is 3.84. The van der Waals surface area contributed by atoms with E-state index in [1.807, 2.05) is 53.6 Å². The number of carbonyl (C=O) groups excluding carboxylic acids is 1. The van der Waals surface area contributed by atoms with Crippen LogP contribution in [-0.4, -0.2) is 47.2 Å². The lowest BCUT2D eigenvalue weighted by Gasteiger charge is -2.38. The van der Waals surface area contributed by atoms with E-state index >= 15 is 0 Å². The zero-order valence-electron chi connectivity index (χ0n) is 14.8. The first-order chi connectivity index (χ1) is 12.7. The van der Waals surface area contributed by atoms with Crippen LogP contribution in [0.5, 0.6) is 0 Å². The van der Waals surface area contributed by atoms with E-state index < -0.39 is 0 Å². The number of hydrogen-bond acceptors (Lipinski definition) is 4. The molecule has 3 heterocycles. The molecule has 0 radical (unpaired) electrons. The van der Waals surface area contributed by atoms with Crippen molar-refractivity contribution in [2.45, 2.75) is 37.6 Å². The van der Waals surface area contributed by atoms with Crippen LogP contribution >= 0.6 is 0 Å². The Kier molecular flexibility index (Phi) is 5.00. The summed E-state index contributed by atoms with van der Waals surface area (Å²) in [5.74, 6) is 0.114. The van der Waals surface area contributed by atoms with Gasteiger partial charge in [0.05, 0.1) is 24.9 Å². The minimum absolute atomic E-state index is 0.114. The maximum atomic E-state index is 12.6. The molecule has 0 N–H and O–H groups in total. The summed E-state index contributed by atoms with van der Waals surface area (Å²) in [5, 5.41) is 0. The number of rotatable bonds is 4. The van der Waals surface area contributed by atoms with Crippen LogP contribution in [0.15, 0.2) is 54.9 Å². The molecule has 0 aliphatic carbocycles. The SMILES string of the molecule is O=C(c1ccccc1)N1CCC2(CC1)C[C@@H](OCc1cccnc1)CO2. The highest BCUT2D eigenvalue weighted by atomic mass is 16.6. The molecule has 2 aliphatic heterocycles. The third-order valence-electron chi connectivity index (χ3n) is 5.37. The van der Waals surface area contributed by atoms with Crippen LogP contribution in [0.1, 0.15) is 35.2 Å². The van der Waals surface area contributed by atoms with E-state index in [9.17, 15) is 4.79 Å². The quantitative estimate of drug-likeness (QED) is 0.849. The Labute approximate surface area is 153 Å². The lowest BCUT2D eigenvalue weighted by Crippen LogP contribution is -2.46. The van der Waals surface area contributed by atoms with E-state index in [1.165, 1.54) is 0 Å². The second-order valence-electron chi connectivity index (χ2n) is 7.15. The lowest BCUT2D eigenvalue weighted by molar-refractivity contribution is -0.0412. The van der Waals surface area contributed by atoms with Gasteiger partial charge in [0.15, 0.2) is 0 Å². The van der Waals surface area contributed by atoms with Crippen molar-refractivity contribution in [2.75, 3.05) is 19.7 Å². The van der Waals surface area contributed by atoms with E-state index in [0.29, 0.717) is 13.2 Å². The van der Waals surface area contributed by atoms with Crippen molar-refractivity contribution in [1.82, 2.24) is 9.88 Å². The molecule has 136 valence electrons. The molecule has 26 heavy (non-hydrogen) atoms. The molecule has 5 nitrogen and oxygen atoms in total. The average Bonchev–Trinajstić information content (AvgIpc) is 3.10. The first-order valence-electron chi connectivity index (χ1n) is 9.23. The summed E-state index contributed by atoms with van der Waals surface area (Å²) in [4.78, 5) is 18.6. The van der Waals surface area contributed by atoms with E-state index in [0.717, 1.165) is 43.5 Å². The molecule has 1 spiro atoms. The van der Waals surface area contributed by atoms with Crippen LogP contribution in [0.4, 0.5) is 0 Å². The van der Waals surface area contributed by atoms with E-state index in [2.05, 4.69) is 4.98 Å². The van der Waals surface area contributed by atoms with E-state index in [1.54, 1.807) is 6.20 Å². The maximum Gasteiger partial charge on any atom is 0.253 e. The van der Waals surface area contributed by atoms with Gasteiger partial charge in [0.1, 0.15) is 0 Å². The van der Waals surface area contributed by atoms with Gasteiger partial charge in [-0.15, -0.1) is 0 Å². The summed E-state index contributed by atoms with van der Waals surface area (Å²) in [6.45, 7) is 2.68. The highest BCUT2D eigenvalue weighted by molar-refractivity contribution is 5.94.